The maximum absolute atomic E-state index is 4.22. The van der Waals surface area contributed by atoms with E-state index in [2.05, 4.69) is 22.3 Å². The first-order chi connectivity index (χ1) is 7.29. The molecule has 1 heterocycles. The molecule has 0 fully saturated rings. The highest BCUT2D eigenvalue weighted by atomic mass is 15.5. The van der Waals surface area contributed by atoms with Crippen LogP contribution in [0.4, 0.5) is 0 Å². The van der Waals surface area contributed by atoms with Gasteiger partial charge < -0.3 is 5.32 Å². The molecule has 0 aromatic carbocycles. The molecule has 2 N–H and O–H groups in total. The SMILES string of the molecule is C=C/C=C\NC1=C(/C=C\C)N=CNN1C. The topological polar surface area (TPSA) is 39.7 Å². The number of rotatable bonds is 4. The van der Waals surface area contributed by atoms with Gasteiger partial charge in [0.1, 0.15) is 12.0 Å². The molecule has 1 rings (SSSR count). The van der Waals surface area contributed by atoms with Gasteiger partial charge in [-0.15, -0.1) is 0 Å². The molecule has 15 heavy (non-hydrogen) atoms. The lowest BCUT2D eigenvalue weighted by molar-refractivity contribution is 0.347. The predicted octanol–water partition coefficient (Wildman–Crippen LogP) is 1.50. The fraction of sp³-hybridized carbons (Fsp3) is 0.182. The molecule has 0 atom stereocenters. The number of hydrazine groups is 1. The van der Waals surface area contributed by atoms with Crippen molar-refractivity contribution in [3.05, 3.63) is 48.6 Å². The van der Waals surface area contributed by atoms with E-state index >= 15 is 0 Å². The van der Waals surface area contributed by atoms with Crippen molar-refractivity contribution in [1.82, 2.24) is 15.8 Å². The van der Waals surface area contributed by atoms with Crippen LogP contribution in [0.3, 0.4) is 0 Å². The maximum Gasteiger partial charge on any atom is 0.150 e. The zero-order valence-corrected chi connectivity index (χ0v) is 9.07. The van der Waals surface area contributed by atoms with Gasteiger partial charge in [0, 0.05) is 13.2 Å². The Morgan fingerprint density at radius 2 is 2.40 bits per heavy atom. The molecule has 0 aliphatic carbocycles. The van der Waals surface area contributed by atoms with Crippen molar-refractivity contribution in [3.8, 4) is 0 Å². The number of aliphatic imine (C=N–C) groups is 1. The quantitative estimate of drug-likeness (QED) is 0.682. The standard InChI is InChI=1S/C11H16N4/c1-4-6-8-12-11-10(7-5-2)13-9-14-15(11)3/h4-9,12H,1H2,2-3H3,(H,13,14)/b7-5-,8-6-. The summed E-state index contributed by atoms with van der Waals surface area (Å²) in [5.41, 5.74) is 3.86. The molecule has 0 radical (unpaired) electrons. The highest BCUT2D eigenvalue weighted by molar-refractivity contribution is 5.59. The molecule has 0 saturated carbocycles. The molecule has 1 aliphatic heterocycles. The Kier molecular flexibility index (Phi) is 4.22. The molecule has 1 aliphatic rings. The van der Waals surface area contributed by atoms with Gasteiger partial charge in [-0.2, -0.15) is 0 Å². The average Bonchev–Trinajstić information content (AvgIpc) is 2.23. The van der Waals surface area contributed by atoms with Crippen molar-refractivity contribution in [2.45, 2.75) is 6.92 Å². The first-order valence-corrected chi connectivity index (χ1v) is 4.73. The third kappa shape index (κ3) is 3.02. The molecule has 0 aromatic rings. The normalized spacial score (nSPS) is 16.3. The van der Waals surface area contributed by atoms with Crippen LogP contribution in [0.15, 0.2) is 53.6 Å². The van der Waals surface area contributed by atoms with Gasteiger partial charge in [0.25, 0.3) is 0 Å². The first kappa shape index (κ1) is 11.1. The Balaban J connectivity index is 2.87. The van der Waals surface area contributed by atoms with Crippen molar-refractivity contribution in [2.75, 3.05) is 7.05 Å². The molecule has 0 aromatic heterocycles. The van der Waals surface area contributed by atoms with Crippen LogP contribution in [0.1, 0.15) is 6.92 Å². The second-order valence-electron chi connectivity index (χ2n) is 2.92. The summed E-state index contributed by atoms with van der Waals surface area (Å²) >= 11 is 0. The van der Waals surface area contributed by atoms with Gasteiger partial charge in [-0.25, -0.2) is 4.99 Å². The largest absolute Gasteiger partial charge is 0.345 e. The summed E-state index contributed by atoms with van der Waals surface area (Å²) in [7, 11) is 1.92. The van der Waals surface area contributed by atoms with Crippen LogP contribution in [-0.4, -0.2) is 18.4 Å². The van der Waals surface area contributed by atoms with E-state index in [-0.39, 0.29) is 0 Å². The Morgan fingerprint density at radius 1 is 1.60 bits per heavy atom. The van der Waals surface area contributed by atoms with Gasteiger partial charge in [0.2, 0.25) is 0 Å². The minimum absolute atomic E-state index is 0.882. The van der Waals surface area contributed by atoms with Crippen LogP contribution >= 0.6 is 0 Å². The third-order valence-electron chi connectivity index (χ3n) is 1.81. The van der Waals surface area contributed by atoms with Gasteiger partial charge in [-0.05, 0) is 19.1 Å². The van der Waals surface area contributed by atoms with Gasteiger partial charge in [-0.1, -0.05) is 18.7 Å². The lowest BCUT2D eigenvalue weighted by atomic mass is 10.3. The summed E-state index contributed by atoms with van der Waals surface area (Å²) < 4.78 is 0. The van der Waals surface area contributed by atoms with Crippen molar-refractivity contribution in [1.29, 1.82) is 0 Å². The minimum atomic E-state index is 0.882. The summed E-state index contributed by atoms with van der Waals surface area (Å²) in [5.74, 6) is 0.897. The molecule has 4 nitrogen and oxygen atoms in total. The van der Waals surface area contributed by atoms with E-state index in [0.29, 0.717) is 0 Å². The van der Waals surface area contributed by atoms with Crippen LogP contribution in [-0.2, 0) is 0 Å². The molecule has 4 heteroatoms. The fourth-order valence-corrected chi connectivity index (χ4v) is 1.13. The summed E-state index contributed by atoms with van der Waals surface area (Å²) in [6.45, 7) is 5.56. The molecule has 80 valence electrons. The van der Waals surface area contributed by atoms with Crippen molar-refractivity contribution >= 4 is 6.34 Å². The lowest BCUT2D eigenvalue weighted by Gasteiger charge is -2.25. The highest BCUT2D eigenvalue weighted by Crippen LogP contribution is 2.10. The number of nitrogens with zero attached hydrogens (tertiary/aromatic N) is 2. The molecule has 0 unspecified atom stereocenters. The van der Waals surface area contributed by atoms with E-state index < -0.39 is 0 Å². The number of hydrogen-bond acceptors (Lipinski definition) is 4. The van der Waals surface area contributed by atoms with Crippen LogP contribution in [0.5, 0.6) is 0 Å². The summed E-state index contributed by atoms with van der Waals surface area (Å²) in [4.78, 5) is 4.22. The molecule has 0 saturated heterocycles. The highest BCUT2D eigenvalue weighted by Gasteiger charge is 2.10. The van der Waals surface area contributed by atoms with Gasteiger partial charge >= 0.3 is 0 Å². The number of nitrogens with one attached hydrogen (secondary N) is 2. The monoisotopic (exact) mass is 204 g/mol. The molecular weight excluding hydrogens is 188 g/mol. The van der Waals surface area contributed by atoms with E-state index in [1.807, 2.05) is 43.4 Å². The second-order valence-corrected chi connectivity index (χ2v) is 2.92. The Labute approximate surface area is 90.3 Å². The maximum atomic E-state index is 4.22. The summed E-state index contributed by atoms with van der Waals surface area (Å²) in [6.07, 6.45) is 10.9. The van der Waals surface area contributed by atoms with Crippen LogP contribution in [0.2, 0.25) is 0 Å². The number of hydrogen-bond donors (Lipinski definition) is 2. The van der Waals surface area contributed by atoms with Crippen molar-refractivity contribution < 1.29 is 0 Å². The molecule has 0 amide bonds. The van der Waals surface area contributed by atoms with Crippen LogP contribution in [0.25, 0.3) is 0 Å². The average molecular weight is 204 g/mol. The van der Waals surface area contributed by atoms with Crippen molar-refractivity contribution in [2.24, 2.45) is 4.99 Å². The molecule has 0 bridgehead atoms. The Hall–Kier alpha value is -1.97. The zero-order chi connectivity index (χ0) is 11.1. The summed E-state index contributed by atoms with van der Waals surface area (Å²) in [6, 6.07) is 0. The van der Waals surface area contributed by atoms with Gasteiger partial charge in [-0.3, -0.25) is 10.4 Å². The van der Waals surface area contributed by atoms with Crippen LogP contribution in [0, 0.1) is 0 Å². The van der Waals surface area contributed by atoms with E-state index in [9.17, 15) is 0 Å². The van der Waals surface area contributed by atoms with E-state index in [1.54, 1.807) is 12.4 Å². The van der Waals surface area contributed by atoms with Gasteiger partial charge in [0.15, 0.2) is 5.82 Å². The molecular formula is C11H16N4. The minimum Gasteiger partial charge on any atom is -0.345 e. The van der Waals surface area contributed by atoms with E-state index in [1.165, 1.54) is 0 Å². The predicted molar refractivity (Wildman–Crippen MR) is 63.7 cm³/mol. The summed E-state index contributed by atoms with van der Waals surface area (Å²) in [5, 5.41) is 4.99. The van der Waals surface area contributed by atoms with E-state index in [4.69, 9.17) is 0 Å². The van der Waals surface area contributed by atoms with E-state index in [0.717, 1.165) is 11.5 Å². The smallest absolute Gasteiger partial charge is 0.150 e. The first-order valence-electron chi connectivity index (χ1n) is 4.73. The number of allylic oxidation sites excluding steroid dienone is 4. The zero-order valence-electron chi connectivity index (χ0n) is 9.07. The Bertz CT molecular complexity index is 332. The van der Waals surface area contributed by atoms with Crippen molar-refractivity contribution in [3.63, 3.8) is 0 Å². The van der Waals surface area contributed by atoms with Gasteiger partial charge in [0.05, 0.1) is 0 Å². The fourth-order valence-electron chi connectivity index (χ4n) is 1.13. The molecule has 0 spiro atoms. The Morgan fingerprint density at radius 3 is 3.07 bits per heavy atom. The third-order valence-corrected chi connectivity index (χ3v) is 1.81. The van der Waals surface area contributed by atoms with Crippen LogP contribution < -0.4 is 10.7 Å². The lowest BCUT2D eigenvalue weighted by Crippen LogP contribution is -2.40. The second kappa shape index (κ2) is 5.70.